The van der Waals surface area contributed by atoms with Gasteiger partial charge >= 0.3 is 5.97 Å². The monoisotopic (exact) mass is 246 g/mol. The summed E-state index contributed by atoms with van der Waals surface area (Å²) in [5.74, 6) is -0.687. The first-order chi connectivity index (χ1) is 8.66. The van der Waals surface area contributed by atoms with Crippen molar-refractivity contribution in [2.75, 3.05) is 0 Å². The van der Waals surface area contributed by atoms with Crippen LogP contribution in [0.25, 0.3) is 0 Å². The lowest BCUT2D eigenvalue weighted by Gasteiger charge is -2.07. The van der Waals surface area contributed by atoms with E-state index in [0.717, 1.165) is 5.56 Å². The number of benzene rings is 1. The maximum Gasteiger partial charge on any atom is 0.308 e. The lowest BCUT2D eigenvalue weighted by molar-refractivity contribution is -0.141. The minimum atomic E-state index is -0.851. The zero-order chi connectivity index (χ0) is 13.0. The third-order valence-electron chi connectivity index (χ3n) is 2.68. The molecule has 2 rings (SSSR count). The van der Waals surface area contributed by atoms with E-state index < -0.39 is 11.9 Å². The molecule has 0 aliphatic rings. The molecule has 0 fully saturated rings. The Morgan fingerprint density at radius 1 is 1.39 bits per heavy atom. The highest BCUT2D eigenvalue weighted by molar-refractivity contribution is 5.69. The van der Waals surface area contributed by atoms with Crippen LogP contribution in [0.15, 0.2) is 30.3 Å². The first kappa shape index (κ1) is 12.2. The third kappa shape index (κ3) is 2.91. The molecule has 0 aliphatic carbocycles. The Bertz CT molecular complexity index is 524. The van der Waals surface area contributed by atoms with E-state index in [1.807, 2.05) is 30.3 Å². The van der Waals surface area contributed by atoms with Gasteiger partial charge in [-0.15, -0.1) is 5.10 Å². The standard InChI is InChI=1S/C12H14N4O2/c1-9(12(17)18)8-16-11(13-14-15-16)7-10-5-3-2-4-6-10/h2-6,9H,7-8H2,1H3,(H,17,18). The molecule has 0 spiro atoms. The second-order valence-electron chi connectivity index (χ2n) is 4.18. The number of hydrogen-bond acceptors (Lipinski definition) is 4. The minimum absolute atomic E-state index is 0.282. The van der Waals surface area contributed by atoms with Crippen LogP contribution in [-0.2, 0) is 17.8 Å². The summed E-state index contributed by atoms with van der Waals surface area (Å²) in [5.41, 5.74) is 1.09. The van der Waals surface area contributed by atoms with Crippen LogP contribution < -0.4 is 0 Å². The quantitative estimate of drug-likeness (QED) is 0.850. The zero-order valence-corrected chi connectivity index (χ0v) is 10.0. The predicted molar refractivity (Wildman–Crippen MR) is 63.9 cm³/mol. The average Bonchev–Trinajstić information content (AvgIpc) is 2.78. The predicted octanol–water partition coefficient (Wildman–Crippen LogP) is 0.985. The van der Waals surface area contributed by atoms with Crippen molar-refractivity contribution in [1.29, 1.82) is 0 Å². The van der Waals surface area contributed by atoms with Gasteiger partial charge in [-0.1, -0.05) is 37.3 Å². The van der Waals surface area contributed by atoms with Crippen molar-refractivity contribution in [1.82, 2.24) is 20.2 Å². The highest BCUT2D eigenvalue weighted by Crippen LogP contribution is 2.07. The molecule has 1 aromatic carbocycles. The largest absolute Gasteiger partial charge is 0.481 e. The number of hydrogen-bond donors (Lipinski definition) is 1. The topological polar surface area (TPSA) is 80.9 Å². The van der Waals surface area contributed by atoms with Gasteiger partial charge < -0.3 is 5.11 Å². The smallest absolute Gasteiger partial charge is 0.308 e. The Labute approximate surface area is 104 Å². The van der Waals surface area contributed by atoms with Crippen molar-refractivity contribution in [3.05, 3.63) is 41.7 Å². The second kappa shape index (κ2) is 5.39. The fourth-order valence-corrected chi connectivity index (χ4v) is 1.61. The summed E-state index contributed by atoms with van der Waals surface area (Å²) in [6.45, 7) is 1.92. The molecule has 1 aromatic heterocycles. The van der Waals surface area contributed by atoms with Crippen LogP contribution in [0, 0.1) is 5.92 Å². The molecule has 0 saturated carbocycles. The molecule has 0 saturated heterocycles. The van der Waals surface area contributed by atoms with Crippen LogP contribution in [0.4, 0.5) is 0 Å². The Balaban J connectivity index is 2.11. The third-order valence-corrected chi connectivity index (χ3v) is 2.68. The van der Waals surface area contributed by atoms with Gasteiger partial charge in [-0.05, 0) is 16.0 Å². The van der Waals surface area contributed by atoms with Gasteiger partial charge in [0.15, 0.2) is 5.82 Å². The van der Waals surface area contributed by atoms with Crippen molar-refractivity contribution in [3.63, 3.8) is 0 Å². The van der Waals surface area contributed by atoms with E-state index in [4.69, 9.17) is 5.11 Å². The first-order valence-electron chi connectivity index (χ1n) is 5.68. The molecule has 94 valence electrons. The molecule has 6 nitrogen and oxygen atoms in total. The maximum atomic E-state index is 10.8. The minimum Gasteiger partial charge on any atom is -0.481 e. The van der Waals surface area contributed by atoms with Crippen LogP contribution in [0.5, 0.6) is 0 Å². The van der Waals surface area contributed by atoms with E-state index in [2.05, 4.69) is 15.5 Å². The number of rotatable bonds is 5. The van der Waals surface area contributed by atoms with Crippen LogP contribution >= 0.6 is 0 Å². The van der Waals surface area contributed by atoms with Gasteiger partial charge in [0.2, 0.25) is 0 Å². The fraction of sp³-hybridized carbons (Fsp3) is 0.333. The number of carbonyl (C=O) groups is 1. The molecule has 1 heterocycles. The SMILES string of the molecule is CC(Cn1nnnc1Cc1ccccc1)C(=O)O. The molecule has 0 amide bonds. The van der Waals surface area contributed by atoms with Crippen molar-refractivity contribution in [3.8, 4) is 0 Å². The fourth-order valence-electron chi connectivity index (χ4n) is 1.61. The molecule has 0 bridgehead atoms. The van der Waals surface area contributed by atoms with Crippen LogP contribution in [0.3, 0.4) is 0 Å². The van der Waals surface area contributed by atoms with Crippen LogP contribution in [-0.4, -0.2) is 31.3 Å². The molecular formula is C12H14N4O2. The molecular weight excluding hydrogens is 232 g/mol. The van der Waals surface area contributed by atoms with Gasteiger partial charge in [0.25, 0.3) is 0 Å². The summed E-state index contributed by atoms with van der Waals surface area (Å²) in [5, 5.41) is 20.2. The summed E-state index contributed by atoms with van der Waals surface area (Å²) in [6, 6.07) is 9.81. The van der Waals surface area contributed by atoms with Crippen molar-refractivity contribution in [2.45, 2.75) is 19.9 Å². The lowest BCUT2D eigenvalue weighted by atomic mass is 10.1. The molecule has 2 aromatic rings. The van der Waals surface area contributed by atoms with E-state index in [1.165, 1.54) is 0 Å². The van der Waals surface area contributed by atoms with Crippen LogP contribution in [0.1, 0.15) is 18.3 Å². The Morgan fingerprint density at radius 3 is 2.78 bits per heavy atom. The summed E-state index contributed by atoms with van der Waals surface area (Å²) in [6.07, 6.45) is 0.597. The Hall–Kier alpha value is -2.24. The molecule has 1 atom stereocenters. The van der Waals surface area contributed by atoms with Gasteiger partial charge in [-0.3, -0.25) is 4.79 Å². The number of aliphatic carboxylic acids is 1. The van der Waals surface area contributed by atoms with Gasteiger partial charge in [0.05, 0.1) is 12.5 Å². The summed E-state index contributed by atoms with van der Waals surface area (Å²) in [4.78, 5) is 10.8. The first-order valence-corrected chi connectivity index (χ1v) is 5.68. The van der Waals surface area contributed by atoms with Gasteiger partial charge in [0.1, 0.15) is 0 Å². The number of aromatic nitrogens is 4. The summed E-state index contributed by atoms with van der Waals surface area (Å²) in [7, 11) is 0. The van der Waals surface area contributed by atoms with E-state index >= 15 is 0 Å². The molecule has 1 unspecified atom stereocenters. The summed E-state index contributed by atoms with van der Waals surface area (Å²) >= 11 is 0. The van der Waals surface area contributed by atoms with Gasteiger partial charge in [0, 0.05) is 6.42 Å². The van der Waals surface area contributed by atoms with E-state index in [9.17, 15) is 4.79 Å². The number of tetrazole rings is 1. The van der Waals surface area contributed by atoms with Crippen molar-refractivity contribution in [2.24, 2.45) is 5.92 Å². The summed E-state index contributed by atoms with van der Waals surface area (Å²) < 4.78 is 1.55. The number of carboxylic acids is 1. The maximum absolute atomic E-state index is 10.8. The van der Waals surface area contributed by atoms with Gasteiger partial charge in [-0.25, -0.2) is 4.68 Å². The molecule has 6 heteroatoms. The Kier molecular flexibility index (Phi) is 3.66. The number of nitrogens with zero attached hydrogens (tertiary/aromatic N) is 4. The lowest BCUT2D eigenvalue weighted by Crippen LogP contribution is -2.19. The van der Waals surface area contributed by atoms with E-state index in [1.54, 1.807) is 11.6 Å². The van der Waals surface area contributed by atoms with E-state index in [-0.39, 0.29) is 6.54 Å². The van der Waals surface area contributed by atoms with Gasteiger partial charge in [-0.2, -0.15) is 0 Å². The highest BCUT2D eigenvalue weighted by atomic mass is 16.4. The Morgan fingerprint density at radius 2 is 2.11 bits per heavy atom. The molecule has 1 N–H and O–H groups in total. The normalized spacial score (nSPS) is 12.3. The molecule has 0 radical (unpaired) electrons. The van der Waals surface area contributed by atoms with Crippen LogP contribution in [0.2, 0.25) is 0 Å². The number of carboxylic acid groups (broad SMARTS) is 1. The zero-order valence-electron chi connectivity index (χ0n) is 10.0. The highest BCUT2D eigenvalue weighted by Gasteiger charge is 2.15. The molecule has 18 heavy (non-hydrogen) atoms. The van der Waals surface area contributed by atoms with Crippen molar-refractivity contribution >= 4 is 5.97 Å². The average molecular weight is 246 g/mol. The molecule has 0 aliphatic heterocycles. The second-order valence-corrected chi connectivity index (χ2v) is 4.18. The van der Waals surface area contributed by atoms with E-state index in [0.29, 0.717) is 12.2 Å². The van der Waals surface area contributed by atoms with Crippen molar-refractivity contribution < 1.29 is 9.90 Å².